The predicted octanol–water partition coefficient (Wildman–Crippen LogP) is 2.78. The number of aliphatic hydroxyl groups is 1. The Labute approximate surface area is 178 Å². The lowest BCUT2D eigenvalue weighted by Crippen LogP contribution is -2.23. The van der Waals surface area contributed by atoms with Crippen LogP contribution in [0.1, 0.15) is 28.2 Å². The summed E-state index contributed by atoms with van der Waals surface area (Å²) >= 11 is 0.894. The Morgan fingerprint density at radius 1 is 1.19 bits per heavy atom. The molecule has 0 aliphatic carbocycles. The number of alkyl halides is 3. The van der Waals surface area contributed by atoms with Gasteiger partial charge in [0, 0.05) is 19.1 Å². The molecule has 9 nitrogen and oxygen atoms in total. The van der Waals surface area contributed by atoms with E-state index in [1.807, 2.05) is 0 Å². The number of halogens is 3. The van der Waals surface area contributed by atoms with Gasteiger partial charge in [0.15, 0.2) is 5.69 Å². The number of pyridine rings is 1. The third kappa shape index (κ3) is 6.33. The Bertz CT molecular complexity index is 1030. The van der Waals surface area contributed by atoms with E-state index in [0.29, 0.717) is 30.8 Å². The van der Waals surface area contributed by atoms with E-state index in [1.54, 1.807) is 18.2 Å². The van der Waals surface area contributed by atoms with E-state index in [-0.39, 0.29) is 29.5 Å². The normalized spacial score (nSPS) is 11.2. The van der Waals surface area contributed by atoms with Crippen LogP contribution in [0.15, 0.2) is 36.8 Å². The van der Waals surface area contributed by atoms with Crippen molar-refractivity contribution in [1.29, 1.82) is 0 Å². The van der Waals surface area contributed by atoms with Crippen LogP contribution in [0.3, 0.4) is 0 Å². The molecule has 0 saturated carbocycles. The molecule has 164 valence electrons. The monoisotopic (exact) mass is 454 g/mol. The molecule has 0 saturated heterocycles. The third-order valence-electron chi connectivity index (χ3n) is 3.75. The van der Waals surface area contributed by atoms with E-state index in [9.17, 15) is 18.0 Å². The summed E-state index contributed by atoms with van der Waals surface area (Å²) in [6.07, 6.45) is -1.14. The van der Waals surface area contributed by atoms with Crippen molar-refractivity contribution in [1.82, 2.24) is 24.6 Å². The molecule has 3 rings (SSSR count). The van der Waals surface area contributed by atoms with Crippen molar-refractivity contribution >= 4 is 28.3 Å². The van der Waals surface area contributed by atoms with Crippen LogP contribution in [0.25, 0.3) is 0 Å². The van der Waals surface area contributed by atoms with E-state index in [2.05, 4.69) is 30.0 Å². The molecule has 0 aliphatic heterocycles. The lowest BCUT2D eigenvalue weighted by molar-refractivity contribution is -0.141. The van der Waals surface area contributed by atoms with Gasteiger partial charge >= 0.3 is 6.18 Å². The van der Waals surface area contributed by atoms with Crippen molar-refractivity contribution in [3.63, 3.8) is 0 Å². The molecule has 0 aromatic carbocycles. The maximum absolute atomic E-state index is 12.8. The molecule has 0 bridgehead atoms. The van der Waals surface area contributed by atoms with Gasteiger partial charge in [0.25, 0.3) is 5.91 Å². The summed E-state index contributed by atoms with van der Waals surface area (Å²) in [6, 6.07) is 5.07. The first-order valence-electron chi connectivity index (χ1n) is 8.95. The van der Waals surface area contributed by atoms with Gasteiger partial charge in [-0.05, 0) is 17.6 Å². The lowest BCUT2D eigenvalue weighted by Gasteiger charge is -2.10. The highest BCUT2D eigenvalue weighted by Crippen LogP contribution is 2.29. The number of hydrogen-bond donors (Lipinski definition) is 3. The summed E-state index contributed by atoms with van der Waals surface area (Å²) < 4.78 is 47.7. The fraction of sp³-hybridized carbons (Fsp3) is 0.278. The lowest BCUT2D eigenvalue weighted by atomic mass is 10.3. The van der Waals surface area contributed by atoms with Gasteiger partial charge in [-0.15, -0.1) is 0 Å². The summed E-state index contributed by atoms with van der Waals surface area (Å²) in [5, 5.41) is 14.3. The van der Waals surface area contributed by atoms with E-state index in [4.69, 9.17) is 9.84 Å². The molecule has 0 spiro atoms. The number of rotatable bonds is 9. The SMILES string of the molecule is O=C(NCc1cccc(OCCCO)n1)c1cnsc1Nc1cncc(C(F)(F)F)n1. The van der Waals surface area contributed by atoms with Gasteiger partial charge in [0.1, 0.15) is 10.8 Å². The van der Waals surface area contributed by atoms with Crippen molar-refractivity contribution in [2.24, 2.45) is 0 Å². The van der Waals surface area contributed by atoms with Crippen LogP contribution in [-0.2, 0) is 12.7 Å². The van der Waals surface area contributed by atoms with E-state index in [1.165, 1.54) is 6.20 Å². The molecular weight excluding hydrogens is 437 g/mol. The Hall–Kier alpha value is -3.32. The number of anilines is 2. The third-order valence-corrected chi connectivity index (χ3v) is 4.46. The highest BCUT2D eigenvalue weighted by Gasteiger charge is 2.33. The van der Waals surface area contributed by atoms with Crippen molar-refractivity contribution in [3.8, 4) is 5.88 Å². The maximum Gasteiger partial charge on any atom is 0.434 e. The number of nitrogens with one attached hydrogen (secondary N) is 2. The quantitative estimate of drug-likeness (QED) is 0.422. The maximum atomic E-state index is 12.8. The molecule has 31 heavy (non-hydrogen) atoms. The fourth-order valence-corrected chi connectivity index (χ4v) is 2.97. The van der Waals surface area contributed by atoms with Crippen LogP contribution >= 0.6 is 11.5 Å². The summed E-state index contributed by atoms with van der Waals surface area (Å²) in [6.45, 7) is 0.412. The van der Waals surface area contributed by atoms with Gasteiger partial charge in [0.2, 0.25) is 5.88 Å². The predicted molar refractivity (Wildman–Crippen MR) is 105 cm³/mol. The number of nitrogens with zero attached hydrogens (tertiary/aromatic N) is 4. The topological polar surface area (TPSA) is 122 Å². The molecule has 0 atom stereocenters. The Kier molecular flexibility index (Phi) is 7.31. The number of ether oxygens (including phenoxy) is 1. The summed E-state index contributed by atoms with van der Waals surface area (Å²) in [7, 11) is 0. The van der Waals surface area contributed by atoms with Crippen molar-refractivity contribution in [2.45, 2.75) is 19.1 Å². The zero-order valence-corrected chi connectivity index (χ0v) is 16.7. The van der Waals surface area contributed by atoms with Crippen molar-refractivity contribution < 1.29 is 27.8 Å². The zero-order chi connectivity index (χ0) is 22.3. The average Bonchev–Trinajstić information content (AvgIpc) is 3.20. The van der Waals surface area contributed by atoms with E-state index < -0.39 is 17.8 Å². The van der Waals surface area contributed by atoms with Crippen LogP contribution in [0, 0.1) is 0 Å². The molecule has 13 heteroatoms. The average molecular weight is 454 g/mol. The van der Waals surface area contributed by atoms with Crippen molar-refractivity contribution in [2.75, 3.05) is 18.5 Å². The van der Waals surface area contributed by atoms with Crippen LogP contribution in [0.4, 0.5) is 24.0 Å². The number of hydrogen-bond acceptors (Lipinski definition) is 9. The molecule has 0 radical (unpaired) electrons. The van der Waals surface area contributed by atoms with Gasteiger partial charge in [0.05, 0.1) is 43.0 Å². The highest BCUT2D eigenvalue weighted by molar-refractivity contribution is 7.10. The molecule has 0 unspecified atom stereocenters. The Morgan fingerprint density at radius 3 is 2.81 bits per heavy atom. The first-order chi connectivity index (χ1) is 14.9. The van der Waals surface area contributed by atoms with Gasteiger partial charge in [-0.2, -0.15) is 17.5 Å². The molecule has 3 aromatic heterocycles. The second-order valence-electron chi connectivity index (χ2n) is 6.06. The van der Waals surface area contributed by atoms with Gasteiger partial charge in [-0.1, -0.05) is 6.07 Å². The first kappa shape index (κ1) is 22.4. The van der Waals surface area contributed by atoms with Gasteiger partial charge in [-0.3, -0.25) is 9.78 Å². The number of carbonyl (C=O) groups excluding carboxylic acids is 1. The number of carbonyl (C=O) groups is 1. The summed E-state index contributed by atoms with van der Waals surface area (Å²) in [4.78, 5) is 23.8. The Morgan fingerprint density at radius 2 is 2.03 bits per heavy atom. The van der Waals surface area contributed by atoms with Crippen LogP contribution in [0.2, 0.25) is 0 Å². The Balaban J connectivity index is 1.63. The smallest absolute Gasteiger partial charge is 0.434 e. The summed E-state index contributed by atoms with van der Waals surface area (Å²) in [5.74, 6) is -0.296. The number of aliphatic hydroxyl groups excluding tert-OH is 1. The molecule has 3 heterocycles. The van der Waals surface area contributed by atoms with Crippen LogP contribution in [0.5, 0.6) is 5.88 Å². The highest BCUT2D eigenvalue weighted by atomic mass is 32.1. The fourth-order valence-electron chi connectivity index (χ4n) is 2.31. The van der Waals surface area contributed by atoms with Gasteiger partial charge < -0.3 is 20.5 Å². The van der Waals surface area contributed by atoms with Crippen LogP contribution < -0.4 is 15.4 Å². The molecule has 0 fully saturated rings. The minimum atomic E-state index is -4.64. The first-order valence-corrected chi connectivity index (χ1v) is 9.73. The minimum absolute atomic E-state index is 0.00682. The minimum Gasteiger partial charge on any atom is -0.478 e. The van der Waals surface area contributed by atoms with Gasteiger partial charge in [-0.25, -0.2) is 9.97 Å². The molecule has 3 aromatic rings. The number of amides is 1. The molecule has 3 N–H and O–H groups in total. The zero-order valence-electron chi connectivity index (χ0n) is 15.9. The standard InChI is InChI=1S/C18H17F3N6O3S/c19-18(20,21)13-9-22-10-14(26-13)27-17-12(8-24-31-17)16(29)23-7-11-3-1-4-15(25-11)30-6-2-5-28/h1,3-4,8-10,28H,2,5-7H2,(H,23,29)(H,26,27). The van der Waals surface area contributed by atoms with Crippen molar-refractivity contribution in [3.05, 3.63) is 53.7 Å². The summed E-state index contributed by atoms with van der Waals surface area (Å²) in [5.41, 5.74) is -0.476. The molecule has 0 aliphatic rings. The second-order valence-corrected chi connectivity index (χ2v) is 6.86. The van der Waals surface area contributed by atoms with E-state index in [0.717, 1.165) is 17.7 Å². The second kappa shape index (κ2) is 10.1. The largest absolute Gasteiger partial charge is 0.478 e. The van der Waals surface area contributed by atoms with E-state index >= 15 is 0 Å². The molecule has 1 amide bonds. The van der Waals surface area contributed by atoms with Crippen LogP contribution in [-0.4, -0.2) is 43.6 Å². The molecular formula is C18H17F3N6O3S. The number of aromatic nitrogens is 4.